The lowest BCUT2D eigenvalue weighted by atomic mass is 10.1. The van der Waals surface area contributed by atoms with Crippen molar-refractivity contribution >= 4 is 28.3 Å². The van der Waals surface area contributed by atoms with E-state index < -0.39 is 0 Å². The average Bonchev–Trinajstić information content (AvgIpc) is 2.19. The van der Waals surface area contributed by atoms with Crippen molar-refractivity contribution < 1.29 is 4.74 Å². The van der Waals surface area contributed by atoms with E-state index in [-0.39, 0.29) is 12.4 Å². The van der Waals surface area contributed by atoms with Crippen LogP contribution >= 0.6 is 28.3 Å². The number of rotatable bonds is 2. The Morgan fingerprint density at radius 3 is 2.73 bits per heavy atom. The first-order valence-electron chi connectivity index (χ1n) is 4.84. The summed E-state index contributed by atoms with van der Waals surface area (Å²) in [6.45, 7) is 2.08. The Hall–Kier alpha value is -0.320. The smallest absolute Gasteiger partial charge is 0.214 e. The summed E-state index contributed by atoms with van der Waals surface area (Å²) in [5.41, 5.74) is 0. The summed E-state index contributed by atoms with van der Waals surface area (Å²) in [6, 6.07) is 5.73. The lowest BCUT2D eigenvalue weighted by Gasteiger charge is -2.23. The van der Waals surface area contributed by atoms with Crippen LogP contribution in [0.15, 0.2) is 22.8 Å². The van der Waals surface area contributed by atoms with Crippen molar-refractivity contribution in [2.45, 2.75) is 18.9 Å². The van der Waals surface area contributed by atoms with Crippen LogP contribution in [0.1, 0.15) is 12.8 Å². The molecule has 0 spiro atoms. The molecule has 3 nitrogen and oxygen atoms in total. The molecule has 0 saturated carbocycles. The molecule has 2 rings (SSSR count). The summed E-state index contributed by atoms with van der Waals surface area (Å²) in [4.78, 5) is 4.24. The van der Waals surface area contributed by atoms with Crippen molar-refractivity contribution in [3.05, 3.63) is 22.8 Å². The van der Waals surface area contributed by atoms with Crippen LogP contribution in [0.25, 0.3) is 0 Å². The van der Waals surface area contributed by atoms with Gasteiger partial charge in [0.05, 0.1) is 0 Å². The van der Waals surface area contributed by atoms with Crippen LogP contribution in [0.5, 0.6) is 5.88 Å². The van der Waals surface area contributed by atoms with Crippen molar-refractivity contribution in [2.75, 3.05) is 13.1 Å². The first-order chi connectivity index (χ1) is 6.84. The number of pyridine rings is 1. The molecule has 0 bridgehead atoms. The van der Waals surface area contributed by atoms with Crippen molar-refractivity contribution in [2.24, 2.45) is 0 Å². The molecule has 1 fully saturated rings. The van der Waals surface area contributed by atoms with Gasteiger partial charge in [-0.15, -0.1) is 12.4 Å². The van der Waals surface area contributed by atoms with Gasteiger partial charge in [-0.1, -0.05) is 6.07 Å². The fourth-order valence-electron chi connectivity index (χ4n) is 1.54. The number of hydrogen-bond donors (Lipinski definition) is 1. The van der Waals surface area contributed by atoms with Gasteiger partial charge < -0.3 is 10.1 Å². The zero-order valence-electron chi connectivity index (χ0n) is 8.28. The van der Waals surface area contributed by atoms with Gasteiger partial charge in [0.2, 0.25) is 5.88 Å². The molecule has 1 aromatic heterocycles. The summed E-state index contributed by atoms with van der Waals surface area (Å²) in [6.07, 6.45) is 2.45. The minimum absolute atomic E-state index is 0. The van der Waals surface area contributed by atoms with Gasteiger partial charge >= 0.3 is 0 Å². The first kappa shape index (κ1) is 12.7. The van der Waals surface area contributed by atoms with Crippen LogP contribution in [-0.4, -0.2) is 24.2 Å². The highest BCUT2D eigenvalue weighted by molar-refractivity contribution is 9.10. The third kappa shape index (κ3) is 3.97. The molecule has 0 aromatic carbocycles. The third-order valence-corrected chi connectivity index (χ3v) is 2.70. The zero-order valence-corrected chi connectivity index (χ0v) is 10.7. The van der Waals surface area contributed by atoms with E-state index in [9.17, 15) is 0 Å². The van der Waals surface area contributed by atoms with E-state index in [2.05, 4.69) is 26.2 Å². The molecule has 0 amide bonds. The lowest BCUT2D eigenvalue weighted by Crippen LogP contribution is -2.34. The van der Waals surface area contributed by atoms with Crippen LogP contribution < -0.4 is 10.1 Å². The van der Waals surface area contributed by atoms with E-state index in [1.807, 2.05) is 18.2 Å². The Morgan fingerprint density at radius 2 is 2.07 bits per heavy atom. The molecule has 5 heteroatoms. The Morgan fingerprint density at radius 1 is 1.33 bits per heavy atom. The van der Waals surface area contributed by atoms with Gasteiger partial charge in [-0.25, -0.2) is 4.98 Å². The monoisotopic (exact) mass is 292 g/mol. The quantitative estimate of drug-likeness (QED) is 0.850. The molecule has 0 aliphatic carbocycles. The molecular weight excluding hydrogens is 279 g/mol. The normalized spacial score (nSPS) is 16.9. The highest BCUT2D eigenvalue weighted by atomic mass is 79.9. The number of aromatic nitrogens is 1. The fourth-order valence-corrected chi connectivity index (χ4v) is 1.87. The maximum atomic E-state index is 5.76. The van der Waals surface area contributed by atoms with E-state index in [1.165, 1.54) is 0 Å². The maximum absolute atomic E-state index is 5.76. The minimum atomic E-state index is 0. The molecule has 1 aliphatic rings. The lowest BCUT2D eigenvalue weighted by molar-refractivity contribution is 0.155. The SMILES string of the molecule is Brc1cccc(OC2CCNCC2)n1.Cl. The van der Waals surface area contributed by atoms with E-state index in [0.717, 1.165) is 30.5 Å². The van der Waals surface area contributed by atoms with E-state index in [1.54, 1.807) is 0 Å². The Kier molecular flexibility index (Phi) is 5.36. The summed E-state index contributed by atoms with van der Waals surface area (Å²) in [5, 5.41) is 3.30. The second kappa shape index (κ2) is 6.30. The molecule has 0 atom stereocenters. The summed E-state index contributed by atoms with van der Waals surface area (Å²) in [5.74, 6) is 0.714. The van der Waals surface area contributed by atoms with Gasteiger partial charge in [-0.3, -0.25) is 0 Å². The summed E-state index contributed by atoms with van der Waals surface area (Å²) in [7, 11) is 0. The van der Waals surface area contributed by atoms with Crippen LogP contribution in [0.2, 0.25) is 0 Å². The van der Waals surface area contributed by atoms with E-state index in [4.69, 9.17) is 4.74 Å². The number of hydrogen-bond acceptors (Lipinski definition) is 3. The standard InChI is InChI=1S/C10H13BrN2O.ClH/c11-9-2-1-3-10(13-9)14-8-4-6-12-7-5-8;/h1-3,8,12H,4-7H2;1H. The van der Waals surface area contributed by atoms with Gasteiger partial charge in [0.15, 0.2) is 0 Å². The van der Waals surface area contributed by atoms with Gasteiger partial charge in [0, 0.05) is 6.07 Å². The van der Waals surface area contributed by atoms with E-state index >= 15 is 0 Å². The molecule has 84 valence electrons. The predicted octanol–water partition coefficient (Wildman–Crippen LogP) is 2.40. The molecule has 15 heavy (non-hydrogen) atoms. The second-order valence-electron chi connectivity index (χ2n) is 3.37. The van der Waals surface area contributed by atoms with Crippen LogP contribution in [0, 0.1) is 0 Å². The number of nitrogens with zero attached hydrogens (tertiary/aromatic N) is 1. The highest BCUT2D eigenvalue weighted by Crippen LogP contribution is 2.16. The van der Waals surface area contributed by atoms with Crippen molar-refractivity contribution in [1.29, 1.82) is 0 Å². The largest absolute Gasteiger partial charge is 0.474 e. The third-order valence-electron chi connectivity index (χ3n) is 2.26. The zero-order chi connectivity index (χ0) is 9.80. The van der Waals surface area contributed by atoms with Gasteiger partial charge in [0.1, 0.15) is 10.7 Å². The van der Waals surface area contributed by atoms with Crippen LogP contribution in [0.4, 0.5) is 0 Å². The molecule has 1 aromatic rings. The predicted molar refractivity (Wildman–Crippen MR) is 65.7 cm³/mol. The fraction of sp³-hybridized carbons (Fsp3) is 0.500. The number of piperidine rings is 1. The molecule has 0 radical (unpaired) electrons. The molecule has 1 aliphatic heterocycles. The average molecular weight is 294 g/mol. The van der Waals surface area contributed by atoms with Crippen molar-refractivity contribution in [3.8, 4) is 5.88 Å². The molecular formula is C10H14BrClN2O. The van der Waals surface area contributed by atoms with Gasteiger partial charge in [0.25, 0.3) is 0 Å². The van der Waals surface area contributed by atoms with E-state index in [0.29, 0.717) is 12.0 Å². The van der Waals surface area contributed by atoms with Crippen molar-refractivity contribution in [3.63, 3.8) is 0 Å². The second-order valence-corrected chi connectivity index (χ2v) is 4.18. The summed E-state index contributed by atoms with van der Waals surface area (Å²) >= 11 is 3.32. The Labute approximate surface area is 104 Å². The Balaban J connectivity index is 0.00000112. The first-order valence-corrected chi connectivity index (χ1v) is 5.64. The molecule has 2 heterocycles. The molecule has 1 N–H and O–H groups in total. The van der Waals surface area contributed by atoms with Crippen molar-refractivity contribution in [1.82, 2.24) is 10.3 Å². The van der Waals surface area contributed by atoms with Gasteiger partial charge in [-0.05, 0) is 47.9 Å². The Bertz CT molecular complexity index is 305. The topological polar surface area (TPSA) is 34.1 Å². The number of halogens is 2. The van der Waals surface area contributed by atoms with Crippen LogP contribution in [0.3, 0.4) is 0 Å². The van der Waals surface area contributed by atoms with Crippen LogP contribution in [-0.2, 0) is 0 Å². The number of nitrogens with one attached hydrogen (secondary N) is 1. The maximum Gasteiger partial charge on any atom is 0.214 e. The molecule has 1 saturated heterocycles. The molecule has 0 unspecified atom stereocenters. The number of ether oxygens (including phenoxy) is 1. The summed E-state index contributed by atoms with van der Waals surface area (Å²) < 4.78 is 6.58. The highest BCUT2D eigenvalue weighted by Gasteiger charge is 2.14. The minimum Gasteiger partial charge on any atom is -0.474 e. The van der Waals surface area contributed by atoms with Gasteiger partial charge in [-0.2, -0.15) is 0 Å².